The van der Waals surface area contributed by atoms with E-state index in [1.807, 2.05) is 42.5 Å². The third kappa shape index (κ3) is 3.94. The number of hydrogen-bond acceptors (Lipinski definition) is 3. The van der Waals surface area contributed by atoms with E-state index < -0.39 is 0 Å². The molecule has 0 spiro atoms. The second kappa shape index (κ2) is 8.63. The van der Waals surface area contributed by atoms with Crippen LogP contribution in [0.5, 0.6) is 5.75 Å². The zero-order valence-electron chi connectivity index (χ0n) is 17.2. The second-order valence-corrected chi connectivity index (χ2v) is 8.18. The molecule has 2 heterocycles. The minimum Gasteiger partial charge on any atom is -0.490 e. The van der Waals surface area contributed by atoms with Crippen LogP contribution in [0, 0.1) is 5.82 Å². The van der Waals surface area contributed by atoms with Gasteiger partial charge in [-0.05, 0) is 48.5 Å². The van der Waals surface area contributed by atoms with Crippen molar-refractivity contribution in [3.05, 3.63) is 89.5 Å². The summed E-state index contributed by atoms with van der Waals surface area (Å²) in [6.45, 7) is 1.49. The maximum Gasteiger partial charge on any atom is 0.227 e. The Morgan fingerprint density at radius 2 is 1.78 bits per heavy atom. The van der Waals surface area contributed by atoms with E-state index >= 15 is 0 Å². The lowest BCUT2D eigenvalue weighted by molar-refractivity contribution is -0.117. The third-order valence-corrected chi connectivity index (χ3v) is 6.03. The van der Waals surface area contributed by atoms with Crippen LogP contribution in [0.15, 0.2) is 72.8 Å². The molecule has 1 fully saturated rings. The molecule has 1 aromatic heterocycles. The molecule has 162 valence electrons. The van der Waals surface area contributed by atoms with E-state index in [9.17, 15) is 9.18 Å². The Morgan fingerprint density at radius 3 is 2.59 bits per heavy atom. The number of benzene rings is 3. The van der Waals surface area contributed by atoms with E-state index in [-0.39, 0.29) is 17.6 Å². The molecule has 7 heteroatoms. The minimum absolute atomic E-state index is 0.00697. The van der Waals surface area contributed by atoms with E-state index in [4.69, 9.17) is 21.3 Å². The number of para-hydroxylation sites is 3. The van der Waals surface area contributed by atoms with Crippen LogP contribution in [0.3, 0.4) is 0 Å². The van der Waals surface area contributed by atoms with Crippen LogP contribution >= 0.6 is 11.6 Å². The monoisotopic (exact) mass is 449 g/mol. The molecule has 1 atom stereocenters. The molecule has 1 aliphatic rings. The Hall–Kier alpha value is -3.38. The van der Waals surface area contributed by atoms with E-state index in [0.717, 1.165) is 16.9 Å². The molecule has 4 aromatic rings. The smallest absolute Gasteiger partial charge is 0.227 e. The molecule has 1 aliphatic heterocycles. The second-order valence-electron chi connectivity index (χ2n) is 7.77. The maximum absolute atomic E-state index is 13.3. The Balaban J connectivity index is 1.41. The molecule has 32 heavy (non-hydrogen) atoms. The Bertz CT molecular complexity index is 1270. The molecule has 5 nitrogen and oxygen atoms in total. The number of hydrogen-bond donors (Lipinski definition) is 0. The van der Waals surface area contributed by atoms with Gasteiger partial charge in [-0.15, -0.1) is 0 Å². The summed E-state index contributed by atoms with van der Waals surface area (Å²) in [6.07, 6.45) is 0.353. The van der Waals surface area contributed by atoms with E-state index in [0.29, 0.717) is 42.6 Å². The van der Waals surface area contributed by atoms with E-state index in [1.54, 1.807) is 23.1 Å². The van der Waals surface area contributed by atoms with Crippen molar-refractivity contribution in [2.75, 3.05) is 18.1 Å². The molecule has 0 unspecified atom stereocenters. The van der Waals surface area contributed by atoms with Crippen LogP contribution in [0.2, 0.25) is 5.02 Å². The summed E-state index contributed by atoms with van der Waals surface area (Å²) < 4.78 is 21.3. The number of aromatic nitrogens is 2. The van der Waals surface area contributed by atoms with Crippen LogP contribution in [-0.4, -0.2) is 28.6 Å². The van der Waals surface area contributed by atoms with Crippen molar-refractivity contribution in [2.45, 2.75) is 18.9 Å². The predicted octanol–water partition coefficient (Wildman–Crippen LogP) is 5.43. The molecule has 3 aromatic carbocycles. The van der Waals surface area contributed by atoms with Gasteiger partial charge in [-0.1, -0.05) is 35.9 Å². The number of fused-ring (bicyclic) bond motifs is 1. The molecule has 1 amide bonds. The summed E-state index contributed by atoms with van der Waals surface area (Å²) in [4.78, 5) is 19.3. The molecule has 0 bridgehead atoms. The number of amides is 1. The average molecular weight is 450 g/mol. The number of carbonyl (C=O) groups excluding carboxylic acids is 1. The first kappa shape index (κ1) is 20.5. The van der Waals surface area contributed by atoms with Crippen LogP contribution in [-0.2, 0) is 11.3 Å². The van der Waals surface area contributed by atoms with Crippen LogP contribution in [0.4, 0.5) is 10.1 Å². The van der Waals surface area contributed by atoms with Crippen molar-refractivity contribution in [3.8, 4) is 5.75 Å². The fourth-order valence-corrected chi connectivity index (χ4v) is 4.39. The molecule has 0 saturated carbocycles. The van der Waals surface area contributed by atoms with Gasteiger partial charge in [-0.2, -0.15) is 0 Å². The van der Waals surface area contributed by atoms with Gasteiger partial charge in [0.2, 0.25) is 5.91 Å². The summed E-state index contributed by atoms with van der Waals surface area (Å²) in [5.41, 5.74) is 2.58. The number of nitrogens with zero attached hydrogens (tertiary/aromatic N) is 3. The highest BCUT2D eigenvalue weighted by Crippen LogP contribution is 2.33. The first-order valence-electron chi connectivity index (χ1n) is 10.5. The van der Waals surface area contributed by atoms with Gasteiger partial charge in [0.1, 0.15) is 24.0 Å². The first-order valence-corrected chi connectivity index (χ1v) is 10.9. The van der Waals surface area contributed by atoms with Crippen LogP contribution < -0.4 is 9.64 Å². The lowest BCUT2D eigenvalue weighted by atomic mass is 10.1. The zero-order chi connectivity index (χ0) is 22.1. The summed E-state index contributed by atoms with van der Waals surface area (Å²) in [6, 6.07) is 21.3. The van der Waals surface area contributed by atoms with Crippen molar-refractivity contribution < 1.29 is 13.9 Å². The van der Waals surface area contributed by atoms with Crippen molar-refractivity contribution in [3.63, 3.8) is 0 Å². The first-order chi connectivity index (χ1) is 15.6. The fourth-order valence-electron chi connectivity index (χ4n) is 4.20. The number of anilines is 1. The molecule has 1 saturated heterocycles. The predicted molar refractivity (Wildman–Crippen MR) is 123 cm³/mol. The number of imidazole rings is 1. The maximum atomic E-state index is 13.3. The van der Waals surface area contributed by atoms with Crippen LogP contribution in [0.25, 0.3) is 11.0 Å². The standard InChI is InChI=1S/C25H21ClFN3O2/c26-20-5-1-4-8-23(20)32-14-13-29-22-7-3-2-6-21(22)28-25(29)17-15-24(31)30(16-17)19-11-9-18(27)10-12-19/h1-12,17H,13-16H2/t17-/m0/s1. The lowest BCUT2D eigenvalue weighted by Crippen LogP contribution is -2.24. The normalized spacial score (nSPS) is 16.1. The number of rotatable bonds is 6. The largest absolute Gasteiger partial charge is 0.490 e. The molecule has 0 aliphatic carbocycles. The summed E-state index contributed by atoms with van der Waals surface area (Å²) in [7, 11) is 0. The van der Waals surface area contributed by atoms with E-state index in [2.05, 4.69) is 4.57 Å². The summed E-state index contributed by atoms with van der Waals surface area (Å²) in [5, 5.41) is 0.569. The van der Waals surface area contributed by atoms with Gasteiger partial charge in [-0.3, -0.25) is 4.79 Å². The van der Waals surface area contributed by atoms with Crippen molar-refractivity contribution in [2.24, 2.45) is 0 Å². The molecular formula is C25H21ClFN3O2. The van der Waals surface area contributed by atoms with Gasteiger partial charge in [0.05, 0.1) is 22.6 Å². The van der Waals surface area contributed by atoms with Crippen molar-refractivity contribution in [1.29, 1.82) is 0 Å². The topological polar surface area (TPSA) is 47.4 Å². The third-order valence-electron chi connectivity index (χ3n) is 5.72. The van der Waals surface area contributed by atoms with Gasteiger partial charge in [0, 0.05) is 24.6 Å². The van der Waals surface area contributed by atoms with Crippen molar-refractivity contribution in [1.82, 2.24) is 9.55 Å². The molecule has 0 radical (unpaired) electrons. The quantitative estimate of drug-likeness (QED) is 0.394. The number of ether oxygens (including phenoxy) is 1. The average Bonchev–Trinajstić information content (AvgIpc) is 3.36. The fraction of sp³-hybridized carbons (Fsp3) is 0.200. The Kier molecular flexibility index (Phi) is 5.53. The number of halogens is 2. The number of carbonyl (C=O) groups is 1. The minimum atomic E-state index is -0.322. The highest BCUT2D eigenvalue weighted by Gasteiger charge is 2.34. The SMILES string of the molecule is O=C1C[C@H](c2nc3ccccc3n2CCOc2ccccc2Cl)CN1c1ccc(F)cc1. The van der Waals surface area contributed by atoms with Gasteiger partial charge < -0.3 is 14.2 Å². The Morgan fingerprint density at radius 1 is 1.03 bits per heavy atom. The van der Waals surface area contributed by atoms with Crippen LogP contribution in [0.1, 0.15) is 18.2 Å². The van der Waals surface area contributed by atoms with Gasteiger partial charge in [0.15, 0.2) is 0 Å². The summed E-state index contributed by atoms with van der Waals surface area (Å²) in [5.74, 6) is 1.11. The van der Waals surface area contributed by atoms with Gasteiger partial charge in [0.25, 0.3) is 0 Å². The van der Waals surface area contributed by atoms with Gasteiger partial charge >= 0.3 is 0 Å². The highest BCUT2D eigenvalue weighted by molar-refractivity contribution is 6.32. The lowest BCUT2D eigenvalue weighted by Gasteiger charge is -2.17. The molecule has 0 N–H and O–H groups in total. The van der Waals surface area contributed by atoms with Gasteiger partial charge in [-0.25, -0.2) is 9.37 Å². The highest BCUT2D eigenvalue weighted by atomic mass is 35.5. The Labute approximate surface area is 190 Å². The summed E-state index contributed by atoms with van der Waals surface area (Å²) >= 11 is 6.20. The van der Waals surface area contributed by atoms with E-state index in [1.165, 1.54) is 12.1 Å². The molecular weight excluding hydrogens is 429 g/mol. The van der Waals surface area contributed by atoms with Crippen molar-refractivity contribution >= 4 is 34.2 Å². The molecule has 5 rings (SSSR count). The zero-order valence-corrected chi connectivity index (χ0v) is 18.0.